The number of allylic oxidation sites excluding steroid dienone is 12. The van der Waals surface area contributed by atoms with Crippen LogP contribution in [0.3, 0.4) is 0 Å². The highest BCUT2D eigenvalue weighted by Crippen LogP contribution is 2.47. The maximum absolute atomic E-state index is 2.56. The van der Waals surface area contributed by atoms with Crippen molar-refractivity contribution in [3.05, 3.63) is 185 Å². The lowest BCUT2D eigenvalue weighted by molar-refractivity contribution is 0.335. The average molecular weight is 643 g/mol. The number of fused-ring (bicyclic) bond motifs is 6. The van der Waals surface area contributed by atoms with Crippen molar-refractivity contribution >= 4 is 38.3 Å². The van der Waals surface area contributed by atoms with Gasteiger partial charge in [0.15, 0.2) is 0 Å². The SMILES string of the molecule is C1=CC2=c3ccccc3=C3C=CC(C4C=CC(C5C=CC(c6c7ccccc7c(-c7ccccc7)c7ccccc67)=CC5)=CC4)CC3C2CC1. The van der Waals surface area contributed by atoms with Crippen LogP contribution in [0.1, 0.15) is 37.7 Å². The first-order chi connectivity index (χ1) is 24.8. The van der Waals surface area contributed by atoms with E-state index >= 15 is 0 Å². The zero-order chi connectivity index (χ0) is 33.0. The minimum absolute atomic E-state index is 0.430. The molecule has 10 rings (SSSR count). The van der Waals surface area contributed by atoms with Crippen LogP contribution in [-0.4, -0.2) is 0 Å². The molecule has 0 saturated carbocycles. The fraction of sp³-hybridized carbons (Fsp3) is 0.200. The van der Waals surface area contributed by atoms with E-state index in [1.165, 1.54) is 79.1 Å². The third-order valence-corrected chi connectivity index (χ3v) is 12.3. The van der Waals surface area contributed by atoms with Gasteiger partial charge in [0.1, 0.15) is 0 Å². The van der Waals surface area contributed by atoms with Crippen molar-refractivity contribution in [2.75, 3.05) is 0 Å². The molecular formula is C50H42. The van der Waals surface area contributed by atoms with Gasteiger partial charge in [0.2, 0.25) is 0 Å². The Balaban J connectivity index is 0.910. The summed E-state index contributed by atoms with van der Waals surface area (Å²) in [6, 6.07) is 38.0. The summed E-state index contributed by atoms with van der Waals surface area (Å²) in [4.78, 5) is 0. The second-order valence-corrected chi connectivity index (χ2v) is 14.9. The van der Waals surface area contributed by atoms with Crippen LogP contribution in [0.2, 0.25) is 0 Å². The highest BCUT2D eigenvalue weighted by molar-refractivity contribution is 6.19. The van der Waals surface area contributed by atoms with Crippen molar-refractivity contribution in [3.63, 3.8) is 0 Å². The van der Waals surface area contributed by atoms with Gasteiger partial charge in [-0.25, -0.2) is 0 Å². The zero-order valence-corrected chi connectivity index (χ0v) is 28.5. The lowest BCUT2D eigenvalue weighted by Crippen LogP contribution is -2.41. The van der Waals surface area contributed by atoms with E-state index < -0.39 is 0 Å². The number of hydrogen-bond acceptors (Lipinski definition) is 0. The summed E-state index contributed by atoms with van der Waals surface area (Å²) >= 11 is 0. The Kier molecular flexibility index (Phi) is 7.30. The smallest absolute Gasteiger partial charge is 0.00528 e. The molecule has 0 fully saturated rings. The lowest BCUT2D eigenvalue weighted by Gasteiger charge is -2.40. The summed E-state index contributed by atoms with van der Waals surface area (Å²) in [6.45, 7) is 0. The molecule has 5 unspecified atom stereocenters. The molecule has 50 heavy (non-hydrogen) atoms. The van der Waals surface area contributed by atoms with Crippen LogP contribution in [0.25, 0.3) is 49.4 Å². The van der Waals surface area contributed by atoms with E-state index in [0.29, 0.717) is 29.6 Å². The van der Waals surface area contributed by atoms with E-state index in [-0.39, 0.29) is 0 Å². The first-order valence-electron chi connectivity index (χ1n) is 18.8. The Morgan fingerprint density at radius 3 is 1.78 bits per heavy atom. The van der Waals surface area contributed by atoms with Gasteiger partial charge in [0.25, 0.3) is 0 Å². The molecule has 0 bridgehead atoms. The van der Waals surface area contributed by atoms with Gasteiger partial charge in [0, 0.05) is 5.92 Å². The van der Waals surface area contributed by atoms with Gasteiger partial charge in [0.05, 0.1) is 0 Å². The third kappa shape index (κ3) is 4.88. The monoisotopic (exact) mass is 642 g/mol. The molecule has 0 aliphatic heterocycles. The lowest BCUT2D eigenvalue weighted by atomic mass is 9.64. The zero-order valence-electron chi connectivity index (χ0n) is 28.5. The molecule has 0 heterocycles. The van der Waals surface area contributed by atoms with E-state index in [2.05, 4.69) is 164 Å². The van der Waals surface area contributed by atoms with Crippen molar-refractivity contribution < 1.29 is 0 Å². The molecular weight excluding hydrogens is 601 g/mol. The molecule has 0 aromatic heterocycles. The Labute approximate surface area is 295 Å². The molecule has 242 valence electrons. The van der Waals surface area contributed by atoms with Gasteiger partial charge < -0.3 is 0 Å². The Morgan fingerprint density at radius 1 is 0.480 bits per heavy atom. The second-order valence-electron chi connectivity index (χ2n) is 14.9. The molecule has 0 radical (unpaired) electrons. The third-order valence-electron chi connectivity index (χ3n) is 12.3. The van der Waals surface area contributed by atoms with Crippen LogP contribution in [0, 0.1) is 29.6 Å². The second kappa shape index (κ2) is 12.3. The van der Waals surface area contributed by atoms with Crippen molar-refractivity contribution in [2.45, 2.75) is 32.1 Å². The van der Waals surface area contributed by atoms with Crippen LogP contribution in [0.15, 0.2) is 169 Å². The summed E-state index contributed by atoms with van der Waals surface area (Å²) < 4.78 is 0. The molecule has 0 spiro atoms. The van der Waals surface area contributed by atoms with Crippen molar-refractivity contribution in [1.82, 2.24) is 0 Å². The van der Waals surface area contributed by atoms with E-state index in [1.54, 1.807) is 11.1 Å². The van der Waals surface area contributed by atoms with Crippen molar-refractivity contribution in [2.24, 2.45) is 29.6 Å². The molecule has 5 atom stereocenters. The van der Waals surface area contributed by atoms with E-state index in [9.17, 15) is 0 Å². The van der Waals surface area contributed by atoms with Gasteiger partial charge in [-0.3, -0.25) is 0 Å². The molecule has 5 aromatic rings. The molecule has 0 N–H and O–H groups in total. The normalized spacial score (nSPS) is 25.2. The minimum Gasteiger partial charge on any atom is -0.0842 e. The van der Waals surface area contributed by atoms with E-state index in [0.717, 1.165) is 12.8 Å². The predicted molar refractivity (Wildman–Crippen MR) is 213 cm³/mol. The molecule has 0 nitrogen and oxygen atoms in total. The Morgan fingerprint density at radius 2 is 1.12 bits per heavy atom. The molecule has 0 heteroatoms. The van der Waals surface area contributed by atoms with Gasteiger partial charge >= 0.3 is 0 Å². The summed E-state index contributed by atoms with van der Waals surface area (Å²) in [5, 5.41) is 8.24. The van der Waals surface area contributed by atoms with E-state index in [1.807, 2.05) is 0 Å². The van der Waals surface area contributed by atoms with Crippen LogP contribution in [0.5, 0.6) is 0 Å². The van der Waals surface area contributed by atoms with E-state index in [4.69, 9.17) is 0 Å². The average Bonchev–Trinajstić information content (AvgIpc) is 3.20. The first-order valence-corrected chi connectivity index (χ1v) is 18.8. The maximum atomic E-state index is 2.56. The number of hydrogen-bond donors (Lipinski definition) is 0. The summed E-state index contributed by atoms with van der Waals surface area (Å²) in [5.41, 5.74) is 9.95. The Hall–Kier alpha value is -5.20. The predicted octanol–water partition coefficient (Wildman–Crippen LogP) is 11.3. The molecule has 5 aromatic carbocycles. The van der Waals surface area contributed by atoms with Crippen LogP contribution in [0.4, 0.5) is 0 Å². The van der Waals surface area contributed by atoms with Crippen LogP contribution >= 0.6 is 0 Å². The Bertz CT molecular complexity index is 2420. The minimum atomic E-state index is 0.430. The van der Waals surface area contributed by atoms with Gasteiger partial charge in [-0.2, -0.15) is 0 Å². The van der Waals surface area contributed by atoms with Crippen LogP contribution < -0.4 is 10.4 Å². The van der Waals surface area contributed by atoms with Gasteiger partial charge in [-0.15, -0.1) is 0 Å². The molecule has 0 saturated heterocycles. The summed E-state index contributed by atoms with van der Waals surface area (Å²) in [5.74, 6) is 2.91. The fourth-order valence-corrected chi connectivity index (χ4v) is 9.95. The van der Waals surface area contributed by atoms with Crippen LogP contribution in [-0.2, 0) is 0 Å². The maximum Gasteiger partial charge on any atom is 0.00528 e. The molecule has 5 aliphatic rings. The quantitative estimate of drug-likeness (QED) is 0.171. The first kappa shape index (κ1) is 29.7. The topological polar surface area (TPSA) is 0 Å². The van der Waals surface area contributed by atoms with Gasteiger partial charge in [-0.05, 0) is 127 Å². The van der Waals surface area contributed by atoms with Crippen molar-refractivity contribution in [3.8, 4) is 11.1 Å². The fourth-order valence-electron chi connectivity index (χ4n) is 9.95. The highest BCUT2D eigenvalue weighted by Gasteiger charge is 2.36. The largest absolute Gasteiger partial charge is 0.0842 e. The number of rotatable bonds is 4. The molecule has 0 amide bonds. The highest BCUT2D eigenvalue weighted by atomic mass is 14.4. The van der Waals surface area contributed by atoms with Crippen molar-refractivity contribution in [1.29, 1.82) is 0 Å². The van der Waals surface area contributed by atoms with Gasteiger partial charge in [-0.1, -0.05) is 164 Å². The molecule has 5 aliphatic carbocycles. The summed E-state index contributed by atoms with van der Waals surface area (Å²) in [7, 11) is 0. The standard InChI is InChI=1S/C50H42/c1-2-12-36(13-3-1)49-44-18-8-10-20-46(44)50(47-21-11-9-19-45(47)49)37-28-26-34(27-29-37)33-22-24-35(25-23-33)38-30-31-43-41-16-5-4-14-39(41)40-15-6-7-17-42(40)48(43)32-38/h1-6,8-16,18-24,26,28-31,34-35,38,42,48H,7,17,25,27,32H2. The summed E-state index contributed by atoms with van der Waals surface area (Å²) in [6.07, 6.45) is 30.8. The number of benzene rings is 5.